The van der Waals surface area contributed by atoms with Gasteiger partial charge in [0.1, 0.15) is 11.3 Å². The summed E-state index contributed by atoms with van der Waals surface area (Å²) in [5.74, 6) is -0.724. The standard InChI is InChI=1S/C33H37N5O5/c1-20(39)43-37-30(34)23-13-12-22-18-29(38(28(22)19-23)27-11-7-9-21-8-5-6-10-26(21)27)31(40)35-24-14-16-25(17-15-24)36-32(41)42-33(2,3)4/h5-13,18-19,24-25H,14-17H2,1-4H3,(H2,34,37)(H,35,40)(H,36,41)/t24-,25-. The van der Waals surface area contributed by atoms with Gasteiger partial charge >= 0.3 is 12.1 Å². The number of benzene rings is 3. The summed E-state index contributed by atoms with van der Waals surface area (Å²) in [6.07, 6.45) is 2.52. The molecule has 1 heterocycles. The lowest BCUT2D eigenvalue weighted by atomic mass is 9.91. The van der Waals surface area contributed by atoms with Gasteiger partial charge in [-0.05, 0) is 70.0 Å². The van der Waals surface area contributed by atoms with Crippen LogP contribution in [0.25, 0.3) is 27.4 Å². The lowest BCUT2D eigenvalue weighted by molar-refractivity contribution is -0.140. The van der Waals surface area contributed by atoms with Crippen LogP contribution in [0.4, 0.5) is 4.79 Å². The second-order valence-electron chi connectivity index (χ2n) is 11.9. The largest absolute Gasteiger partial charge is 0.444 e. The van der Waals surface area contributed by atoms with Crippen molar-refractivity contribution in [2.75, 3.05) is 0 Å². The van der Waals surface area contributed by atoms with Gasteiger partial charge in [-0.15, -0.1) is 0 Å². The number of amides is 2. The molecule has 10 heteroatoms. The lowest BCUT2D eigenvalue weighted by Crippen LogP contribution is -2.45. The maximum Gasteiger partial charge on any atom is 0.407 e. The Hall–Kier alpha value is -4.86. The molecule has 1 aliphatic carbocycles. The van der Waals surface area contributed by atoms with Crippen LogP contribution < -0.4 is 16.4 Å². The molecule has 4 N–H and O–H groups in total. The summed E-state index contributed by atoms with van der Waals surface area (Å²) in [4.78, 5) is 42.1. The zero-order valence-electron chi connectivity index (χ0n) is 24.8. The van der Waals surface area contributed by atoms with Gasteiger partial charge in [-0.3, -0.25) is 4.79 Å². The van der Waals surface area contributed by atoms with Gasteiger partial charge in [-0.25, -0.2) is 9.59 Å². The number of alkyl carbamates (subject to hydrolysis) is 1. The first-order valence-corrected chi connectivity index (χ1v) is 14.4. The van der Waals surface area contributed by atoms with Crippen LogP contribution >= 0.6 is 0 Å². The molecule has 0 aliphatic heterocycles. The number of carbonyl (C=O) groups is 3. The summed E-state index contributed by atoms with van der Waals surface area (Å²) in [7, 11) is 0. The number of nitrogens with one attached hydrogen (secondary N) is 2. The Morgan fingerprint density at radius 2 is 1.56 bits per heavy atom. The van der Waals surface area contributed by atoms with Crippen molar-refractivity contribution in [1.29, 1.82) is 0 Å². The van der Waals surface area contributed by atoms with E-state index >= 15 is 0 Å². The highest BCUT2D eigenvalue weighted by atomic mass is 16.7. The second kappa shape index (κ2) is 12.2. The Bertz CT molecular complexity index is 1700. The first-order valence-electron chi connectivity index (χ1n) is 14.4. The van der Waals surface area contributed by atoms with Crippen LogP contribution in [0.15, 0.2) is 71.9 Å². The molecule has 0 radical (unpaired) electrons. The van der Waals surface area contributed by atoms with Crippen LogP contribution in [0, 0.1) is 0 Å². The molecule has 1 aromatic heterocycles. The SMILES string of the molecule is CC(=O)ON=C(N)c1ccc2cc(C(=O)N[C@H]3CC[C@H](NC(=O)OC(C)(C)C)CC3)n(-c3cccc4ccccc34)c2c1. The highest BCUT2D eigenvalue weighted by Crippen LogP contribution is 2.31. The minimum atomic E-state index is -0.572. The normalized spacial score (nSPS) is 17.4. The van der Waals surface area contributed by atoms with E-state index in [0.29, 0.717) is 11.3 Å². The van der Waals surface area contributed by atoms with Crippen molar-refractivity contribution < 1.29 is 24.0 Å². The average molecular weight is 584 g/mol. The van der Waals surface area contributed by atoms with Crippen molar-refractivity contribution in [2.45, 2.75) is 71.1 Å². The smallest absolute Gasteiger partial charge is 0.407 e. The van der Waals surface area contributed by atoms with Crippen LogP contribution in [0.3, 0.4) is 0 Å². The van der Waals surface area contributed by atoms with Crippen LogP contribution in [-0.4, -0.2) is 46.1 Å². The maximum absolute atomic E-state index is 13.9. The van der Waals surface area contributed by atoms with Gasteiger partial charge in [-0.2, -0.15) is 0 Å². The topological polar surface area (TPSA) is 137 Å². The zero-order valence-corrected chi connectivity index (χ0v) is 24.8. The number of fused-ring (bicyclic) bond motifs is 2. The molecule has 1 aliphatic rings. The molecule has 5 rings (SSSR count). The predicted octanol–water partition coefficient (Wildman–Crippen LogP) is 5.53. The number of hydrogen-bond acceptors (Lipinski definition) is 6. The fourth-order valence-corrected chi connectivity index (χ4v) is 5.47. The number of hydrogen-bond donors (Lipinski definition) is 3. The molecule has 224 valence electrons. The third-order valence-corrected chi connectivity index (χ3v) is 7.40. The van der Waals surface area contributed by atoms with Gasteiger partial charge < -0.3 is 30.5 Å². The summed E-state index contributed by atoms with van der Waals surface area (Å²) < 4.78 is 7.33. The number of nitrogens with two attached hydrogens (primary N) is 1. The molecule has 0 atom stereocenters. The van der Waals surface area contributed by atoms with Gasteiger partial charge in [0, 0.05) is 35.3 Å². The fraction of sp³-hybridized carbons (Fsp3) is 0.333. The Morgan fingerprint density at radius 3 is 2.26 bits per heavy atom. The van der Waals surface area contributed by atoms with Crippen molar-refractivity contribution >= 4 is 45.5 Å². The molecule has 1 fully saturated rings. The van der Waals surface area contributed by atoms with E-state index in [1.807, 2.05) is 86.0 Å². The number of rotatable bonds is 6. The monoisotopic (exact) mass is 583 g/mol. The lowest BCUT2D eigenvalue weighted by Gasteiger charge is -2.30. The van der Waals surface area contributed by atoms with Crippen LogP contribution in [0.1, 0.15) is 69.4 Å². The molecule has 0 unspecified atom stereocenters. The number of amidine groups is 1. The highest BCUT2D eigenvalue weighted by Gasteiger charge is 2.27. The fourth-order valence-electron chi connectivity index (χ4n) is 5.47. The third kappa shape index (κ3) is 6.97. The molecule has 2 amide bonds. The number of nitrogens with zero attached hydrogens (tertiary/aromatic N) is 2. The number of oxime groups is 1. The Labute approximate surface area is 250 Å². The second-order valence-corrected chi connectivity index (χ2v) is 11.9. The summed E-state index contributed by atoms with van der Waals surface area (Å²) >= 11 is 0. The first kappa shape index (κ1) is 29.6. The van der Waals surface area contributed by atoms with E-state index in [1.54, 1.807) is 6.07 Å². The van der Waals surface area contributed by atoms with Crippen molar-refractivity contribution in [1.82, 2.24) is 15.2 Å². The van der Waals surface area contributed by atoms with Crippen molar-refractivity contribution in [3.05, 3.63) is 78.0 Å². The number of ether oxygens (including phenoxy) is 1. The molecule has 4 aromatic rings. The quantitative estimate of drug-likeness (QED) is 0.118. The van der Waals surface area contributed by atoms with E-state index in [0.717, 1.165) is 53.0 Å². The van der Waals surface area contributed by atoms with Gasteiger partial charge in [-0.1, -0.05) is 53.7 Å². The van der Waals surface area contributed by atoms with E-state index < -0.39 is 17.7 Å². The molecule has 0 saturated heterocycles. The van der Waals surface area contributed by atoms with Crippen LogP contribution in [-0.2, 0) is 14.4 Å². The maximum atomic E-state index is 13.9. The van der Waals surface area contributed by atoms with E-state index in [-0.39, 0.29) is 23.8 Å². The highest BCUT2D eigenvalue weighted by molar-refractivity contribution is 6.05. The van der Waals surface area contributed by atoms with Crippen molar-refractivity contribution in [2.24, 2.45) is 10.9 Å². The summed E-state index contributed by atoms with van der Waals surface area (Å²) in [5, 5.41) is 12.8. The Morgan fingerprint density at radius 1 is 0.884 bits per heavy atom. The van der Waals surface area contributed by atoms with E-state index in [4.69, 9.17) is 15.3 Å². The van der Waals surface area contributed by atoms with E-state index in [1.165, 1.54) is 6.92 Å². The van der Waals surface area contributed by atoms with Crippen LogP contribution in [0.2, 0.25) is 0 Å². The molecular formula is C33H37N5O5. The molecule has 0 spiro atoms. The molecular weight excluding hydrogens is 546 g/mol. The molecule has 3 aromatic carbocycles. The van der Waals surface area contributed by atoms with Gasteiger partial charge in [0.2, 0.25) is 0 Å². The van der Waals surface area contributed by atoms with Crippen molar-refractivity contribution in [3.63, 3.8) is 0 Å². The predicted molar refractivity (Wildman–Crippen MR) is 166 cm³/mol. The summed E-state index contributed by atoms with van der Waals surface area (Å²) in [6.45, 7) is 6.76. The zero-order chi connectivity index (χ0) is 30.7. The van der Waals surface area contributed by atoms with Crippen molar-refractivity contribution in [3.8, 4) is 5.69 Å². The van der Waals surface area contributed by atoms with Gasteiger partial charge in [0.25, 0.3) is 5.91 Å². The van der Waals surface area contributed by atoms with E-state index in [9.17, 15) is 14.4 Å². The average Bonchev–Trinajstić information content (AvgIpc) is 3.34. The van der Waals surface area contributed by atoms with Crippen LogP contribution in [0.5, 0.6) is 0 Å². The first-order chi connectivity index (χ1) is 20.5. The molecule has 43 heavy (non-hydrogen) atoms. The number of aromatic nitrogens is 1. The van der Waals surface area contributed by atoms with Gasteiger partial charge in [0.15, 0.2) is 5.84 Å². The minimum Gasteiger partial charge on any atom is -0.444 e. The third-order valence-electron chi connectivity index (χ3n) is 7.40. The molecule has 0 bridgehead atoms. The molecule has 1 saturated carbocycles. The molecule has 10 nitrogen and oxygen atoms in total. The minimum absolute atomic E-state index is 0.00246. The summed E-state index contributed by atoms with van der Waals surface area (Å²) in [6, 6.07) is 21.3. The summed E-state index contributed by atoms with van der Waals surface area (Å²) in [5.41, 5.74) is 8.20. The Balaban J connectivity index is 1.44. The Kier molecular flexibility index (Phi) is 8.38. The van der Waals surface area contributed by atoms with E-state index in [2.05, 4.69) is 15.8 Å². The van der Waals surface area contributed by atoms with Gasteiger partial charge in [0.05, 0.1) is 11.2 Å². The number of carbonyl (C=O) groups excluding carboxylic acids is 3.